The van der Waals surface area contributed by atoms with E-state index in [1.807, 2.05) is 0 Å². The molecule has 0 bridgehead atoms. The Balaban J connectivity index is 3.27. The Morgan fingerprint density at radius 1 is 1.47 bits per heavy atom. The maximum Gasteiger partial charge on any atom is 0.387 e. The van der Waals surface area contributed by atoms with E-state index in [2.05, 4.69) is 4.74 Å². The van der Waals surface area contributed by atoms with Crippen molar-refractivity contribution >= 4 is 17.3 Å². The van der Waals surface area contributed by atoms with Crippen molar-refractivity contribution in [3.63, 3.8) is 0 Å². The van der Waals surface area contributed by atoms with E-state index in [9.17, 15) is 23.3 Å². The quantitative estimate of drug-likeness (QED) is 0.604. The lowest BCUT2D eigenvalue weighted by atomic mass is 10.3. The Kier molecular flexibility index (Phi) is 3.35. The molecule has 0 radical (unpaired) electrons. The zero-order chi connectivity index (χ0) is 11.6. The van der Waals surface area contributed by atoms with E-state index < -0.39 is 33.8 Å². The van der Waals surface area contributed by atoms with E-state index >= 15 is 0 Å². The van der Waals surface area contributed by atoms with Crippen LogP contribution in [0.1, 0.15) is 0 Å². The topological polar surface area (TPSA) is 52.4 Å². The number of nitro groups is 1. The molecular formula is C7H3ClF3NO3. The van der Waals surface area contributed by atoms with Gasteiger partial charge in [0.15, 0.2) is 0 Å². The van der Waals surface area contributed by atoms with Gasteiger partial charge in [-0.05, 0) is 6.07 Å². The van der Waals surface area contributed by atoms with Crippen LogP contribution in [0.5, 0.6) is 5.75 Å². The molecule has 4 nitrogen and oxygen atoms in total. The third kappa shape index (κ3) is 2.72. The highest BCUT2D eigenvalue weighted by Crippen LogP contribution is 2.36. The van der Waals surface area contributed by atoms with Crippen LogP contribution in [0.3, 0.4) is 0 Å². The van der Waals surface area contributed by atoms with E-state index in [4.69, 9.17) is 11.6 Å². The van der Waals surface area contributed by atoms with Crippen molar-refractivity contribution in [2.45, 2.75) is 6.61 Å². The lowest BCUT2D eigenvalue weighted by Gasteiger charge is -2.06. The summed E-state index contributed by atoms with van der Waals surface area (Å²) in [6, 6.07) is 1.09. The highest BCUT2D eigenvalue weighted by molar-refractivity contribution is 6.32. The van der Waals surface area contributed by atoms with E-state index in [1.165, 1.54) is 0 Å². The highest BCUT2D eigenvalue weighted by Gasteiger charge is 2.23. The van der Waals surface area contributed by atoms with Gasteiger partial charge in [0.2, 0.25) is 5.75 Å². The van der Waals surface area contributed by atoms with E-state index in [0.29, 0.717) is 12.1 Å². The van der Waals surface area contributed by atoms with Crippen molar-refractivity contribution in [2.24, 2.45) is 0 Å². The summed E-state index contributed by atoms with van der Waals surface area (Å²) in [6.07, 6.45) is 0. The minimum Gasteiger partial charge on any atom is -0.426 e. The monoisotopic (exact) mass is 241 g/mol. The number of hydrogen-bond donors (Lipinski definition) is 0. The van der Waals surface area contributed by atoms with Crippen LogP contribution in [0.15, 0.2) is 12.1 Å². The summed E-state index contributed by atoms with van der Waals surface area (Å²) in [5.74, 6) is -1.86. The fourth-order valence-electron chi connectivity index (χ4n) is 0.888. The number of benzene rings is 1. The van der Waals surface area contributed by atoms with Crippen LogP contribution in [0.4, 0.5) is 18.9 Å². The molecule has 0 atom stereocenters. The molecule has 1 aromatic carbocycles. The highest BCUT2D eigenvalue weighted by atomic mass is 35.5. The van der Waals surface area contributed by atoms with Crippen LogP contribution in [-0.2, 0) is 0 Å². The molecule has 0 saturated heterocycles. The smallest absolute Gasteiger partial charge is 0.387 e. The van der Waals surface area contributed by atoms with Crippen LogP contribution in [0.25, 0.3) is 0 Å². The largest absolute Gasteiger partial charge is 0.426 e. The molecule has 0 fully saturated rings. The first-order valence-corrected chi connectivity index (χ1v) is 3.88. The van der Waals surface area contributed by atoms with Gasteiger partial charge in [-0.1, -0.05) is 11.6 Å². The number of halogens is 4. The number of alkyl halides is 2. The minimum absolute atomic E-state index is 0.448. The molecule has 0 heterocycles. The molecular weight excluding hydrogens is 239 g/mol. The van der Waals surface area contributed by atoms with Crippen molar-refractivity contribution in [2.75, 3.05) is 0 Å². The average molecular weight is 242 g/mol. The van der Waals surface area contributed by atoms with Gasteiger partial charge >= 0.3 is 12.3 Å². The molecule has 0 aliphatic carbocycles. The van der Waals surface area contributed by atoms with E-state index in [-0.39, 0.29) is 0 Å². The Labute approximate surface area is 86.4 Å². The third-order valence-corrected chi connectivity index (χ3v) is 1.67. The first-order chi connectivity index (χ1) is 6.91. The van der Waals surface area contributed by atoms with E-state index in [0.717, 1.165) is 0 Å². The van der Waals surface area contributed by atoms with Gasteiger partial charge in [-0.15, -0.1) is 0 Å². The van der Waals surface area contributed by atoms with Gasteiger partial charge in [0.25, 0.3) is 0 Å². The zero-order valence-corrected chi connectivity index (χ0v) is 7.67. The van der Waals surface area contributed by atoms with Gasteiger partial charge in [-0.25, -0.2) is 4.39 Å². The van der Waals surface area contributed by atoms with Crippen LogP contribution in [0.2, 0.25) is 5.02 Å². The number of hydrogen-bond acceptors (Lipinski definition) is 3. The first kappa shape index (κ1) is 11.6. The molecule has 0 N–H and O–H groups in total. The zero-order valence-electron chi connectivity index (χ0n) is 6.92. The summed E-state index contributed by atoms with van der Waals surface area (Å²) >= 11 is 5.32. The van der Waals surface area contributed by atoms with Gasteiger partial charge in [0.05, 0.1) is 16.0 Å². The number of nitrogens with zero attached hydrogens (tertiary/aromatic N) is 1. The summed E-state index contributed by atoms with van der Waals surface area (Å²) < 4.78 is 40.2. The number of rotatable bonds is 3. The molecule has 0 aliphatic heterocycles. The molecule has 0 aromatic heterocycles. The standard InChI is InChI=1S/C7H3ClF3NO3/c8-4-1-3(9)2-5(12(13)14)6(4)15-7(10)11/h1-2,7H. The summed E-state index contributed by atoms with van der Waals surface area (Å²) in [7, 11) is 0. The molecule has 82 valence electrons. The molecule has 1 aromatic rings. The van der Waals surface area contributed by atoms with Crippen molar-refractivity contribution < 1.29 is 22.8 Å². The molecule has 0 amide bonds. The second kappa shape index (κ2) is 4.35. The molecule has 0 saturated carbocycles. The Hall–Kier alpha value is -1.50. The summed E-state index contributed by atoms with van der Waals surface area (Å²) in [6.45, 7) is -3.27. The average Bonchev–Trinajstić information content (AvgIpc) is 2.08. The van der Waals surface area contributed by atoms with Crippen molar-refractivity contribution in [3.05, 3.63) is 33.1 Å². The summed E-state index contributed by atoms with van der Waals surface area (Å²) in [5, 5.41) is 9.78. The maximum atomic E-state index is 12.7. The van der Waals surface area contributed by atoms with Gasteiger partial charge < -0.3 is 4.74 Å². The molecule has 0 aliphatic rings. The van der Waals surface area contributed by atoms with Crippen molar-refractivity contribution in [1.82, 2.24) is 0 Å². The Morgan fingerprint density at radius 3 is 2.53 bits per heavy atom. The van der Waals surface area contributed by atoms with Gasteiger partial charge in [0.1, 0.15) is 5.82 Å². The normalized spacial score (nSPS) is 10.5. The Morgan fingerprint density at radius 2 is 2.07 bits per heavy atom. The lowest BCUT2D eigenvalue weighted by Crippen LogP contribution is -2.05. The maximum absolute atomic E-state index is 12.7. The van der Waals surface area contributed by atoms with E-state index in [1.54, 1.807) is 0 Å². The molecule has 1 rings (SSSR count). The lowest BCUT2D eigenvalue weighted by molar-refractivity contribution is -0.386. The second-order valence-corrected chi connectivity index (χ2v) is 2.78. The van der Waals surface area contributed by atoms with Crippen LogP contribution >= 0.6 is 11.6 Å². The Bertz CT molecular complexity index is 399. The van der Waals surface area contributed by atoms with Crippen LogP contribution in [0, 0.1) is 15.9 Å². The number of nitro benzene ring substituents is 1. The van der Waals surface area contributed by atoms with Crippen molar-refractivity contribution in [1.29, 1.82) is 0 Å². The fraction of sp³-hybridized carbons (Fsp3) is 0.143. The predicted octanol–water partition coefficient (Wildman–Crippen LogP) is 2.99. The first-order valence-electron chi connectivity index (χ1n) is 3.50. The van der Waals surface area contributed by atoms with Gasteiger partial charge in [-0.2, -0.15) is 8.78 Å². The van der Waals surface area contributed by atoms with Gasteiger partial charge in [-0.3, -0.25) is 10.1 Å². The van der Waals surface area contributed by atoms with Crippen LogP contribution < -0.4 is 4.74 Å². The predicted molar refractivity (Wildman–Crippen MR) is 44.7 cm³/mol. The molecule has 15 heavy (non-hydrogen) atoms. The fourth-order valence-corrected chi connectivity index (χ4v) is 1.13. The van der Waals surface area contributed by atoms with Gasteiger partial charge in [0, 0.05) is 0 Å². The summed E-state index contributed by atoms with van der Waals surface area (Å²) in [5.41, 5.74) is -0.944. The summed E-state index contributed by atoms with van der Waals surface area (Å²) in [4.78, 5) is 9.30. The second-order valence-electron chi connectivity index (χ2n) is 2.37. The molecule has 8 heteroatoms. The van der Waals surface area contributed by atoms with Crippen molar-refractivity contribution in [3.8, 4) is 5.75 Å². The molecule has 0 spiro atoms. The molecule has 0 unspecified atom stereocenters. The SMILES string of the molecule is O=[N+]([O-])c1cc(F)cc(Cl)c1OC(F)F. The number of ether oxygens (including phenoxy) is 1. The van der Waals surface area contributed by atoms with Crippen LogP contribution in [-0.4, -0.2) is 11.5 Å². The third-order valence-electron chi connectivity index (χ3n) is 1.39. The minimum atomic E-state index is -3.27.